The largest absolute Gasteiger partial charge is 0.493 e. The van der Waals surface area contributed by atoms with Gasteiger partial charge in [0.25, 0.3) is 0 Å². The molecule has 0 radical (unpaired) electrons. The average molecular weight is 471 g/mol. The van der Waals surface area contributed by atoms with E-state index in [1.54, 1.807) is 13.3 Å². The number of nitrogens with zero attached hydrogens (tertiary/aromatic N) is 3. The summed E-state index contributed by atoms with van der Waals surface area (Å²) in [5, 5.41) is 9.98. The van der Waals surface area contributed by atoms with E-state index >= 15 is 0 Å². The maximum atomic E-state index is 9.98. The number of anilines is 1. The predicted molar refractivity (Wildman–Crippen MR) is 134 cm³/mol. The van der Waals surface area contributed by atoms with Gasteiger partial charge in [0.05, 0.1) is 19.9 Å². The van der Waals surface area contributed by atoms with Crippen molar-refractivity contribution < 1.29 is 14.6 Å². The number of fused-ring (bicyclic) bond motifs is 1. The summed E-state index contributed by atoms with van der Waals surface area (Å²) in [6.07, 6.45) is 4.66. The highest BCUT2D eigenvalue weighted by Crippen LogP contribution is 2.51. The standard InChI is InChI=1S/C28H30N4O3/c1-34-24-10-4-5-11-25(24)35-16-6-8-21-18-30-27(23(19-33)31-21)32-14-12-28(13-15-32)17-20-7-2-3-9-22(20)26(28)29/h2-5,7,9-11,18,26,33H,12-17,19,29H2,1H3. The summed E-state index contributed by atoms with van der Waals surface area (Å²) in [6, 6.07) is 16.0. The Morgan fingerprint density at radius 1 is 1.11 bits per heavy atom. The van der Waals surface area contributed by atoms with Crippen molar-refractivity contribution in [3.8, 4) is 23.3 Å². The first-order valence-electron chi connectivity index (χ1n) is 11.9. The summed E-state index contributed by atoms with van der Waals surface area (Å²) >= 11 is 0. The topological polar surface area (TPSA) is 93.7 Å². The number of aromatic nitrogens is 2. The highest BCUT2D eigenvalue weighted by Gasteiger charge is 2.46. The molecular weight excluding hydrogens is 440 g/mol. The number of nitrogens with two attached hydrogens (primary N) is 1. The minimum absolute atomic E-state index is 0.0694. The van der Waals surface area contributed by atoms with Crippen LogP contribution in [0.5, 0.6) is 11.5 Å². The Balaban J connectivity index is 1.23. The lowest BCUT2D eigenvalue weighted by molar-refractivity contribution is 0.186. The first-order chi connectivity index (χ1) is 17.1. The first-order valence-corrected chi connectivity index (χ1v) is 11.9. The Morgan fingerprint density at radius 2 is 1.86 bits per heavy atom. The Bertz CT molecular complexity index is 1260. The number of piperidine rings is 1. The van der Waals surface area contributed by atoms with Gasteiger partial charge in [-0.25, -0.2) is 9.97 Å². The van der Waals surface area contributed by atoms with E-state index in [1.807, 2.05) is 24.3 Å². The van der Waals surface area contributed by atoms with E-state index in [-0.39, 0.29) is 24.7 Å². The zero-order valence-electron chi connectivity index (χ0n) is 19.9. The molecule has 3 N–H and O–H groups in total. The third-order valence-electron chi connectivity index (χ3n) is 7.21. The number of aliphatic hydroxyl groups is 1. The molecule has 2 aliphatic rings. The number of benzene rings is 2. The van der Waals surface area contributed by atoms with Crippen LogP contribution < -0.4 is 20.1 Å². The molecule has 1 unspecified atom stereocenters. The highest BCUT2D eigenvalue weighted by molar-refractivity contribution is 5.47. The van der Waals surface area contributed by atoms with Gasteiger partial charge in [-0.05, 0) is 53.9 Å². The molecule has 2 aromatic carbocycles. The Morgan fingerprint density at radius 3 is 2.60 bits per heavy atom. The minimum Gasteiger partial charge on any atom is -0.493 e. The van der Waals surface area contributed by atoms with Gasteiger partial charge in [-0.15, -0.1) is 0 Å². The monoisotopic (exact) mass is 470 g/mol. The fourth-order valence-electron chi connectivity index (χ4n) is 5.30. The molecule has 0 bridgehead atoms. The molecule has 180 valence electrons. The minimum atomic E-state index is -0.192. The number of hydrogen-bond acceptors (Lipinski definition) is 7. The Hall–Kier alpha value is -3.60. The van der Waals surface area contributed by atoms with Crippen molar-refractivity contribution in [3.05, 3.63) is 77.2 Å². The fourth-order valence-corrected chi connectivity index (χ4v) is 5.30. The number of rotatable bonds is 5. The third kappa shape index (κ3) is 4.55. The second-order valence-electron chi connectivity index (χ2n) is 9.13. The quantitative estimate of drug-likeness (QED) is 0.553. The Kier molecular flexibility index (Phi) is 6.58. The van der Waals surface area contributed by atoms with Crippen molar-refractivity contribution in [1.82, 2.24) is 9.97 Å². The number of para-hydroxylation sites is 2. The van der Waals surface area contributed by atoms with Crippen molar-refractivity contribution in [3.63, 3.8) is 0 Å². The molecule has 7 heteroatoms. The molecular formula is C28H30N4O3. The molecule has 1 aliphatic heterocycles. The number of methoxy groups -OCH3 is 1. The van der Waals surface area contributed by atoms with Crippen LogP contribution in [0, 0.1) is 17.3 Å². The molecule has 1 atom stereocenters. The summed E-state index contributed by atoms with van der Waals surface area (Å²) in [5.74, 6) is 7.95. The van der Waals surface area contributed by atoms with E-state index in [0.717, 1.165) is 38.2 Å². The second-order valence-corrected chi connectivity index (χ2v) is 9.13. The van der Waals surface area contributed by atoms with Gasteiger partial charge in [-0.1, -0.05) is 42.3 Å². The third-order valence-corrected chi connectivity index (χ3v) is 7.21. The molecule has 1 fully saturated rings. The van der Waals surface area contributed by atoms with Crippen molar-refractivity contribution >= 4 is 5.82 Å². The number of hydrogen-bond donors (Lipinski definition) is 2. The molecule has 1 spiro atoms. The van der Waals surface area contributed by atoms with Crippen LogP contribution in [0.15, 0.2) is 54.7 Å². The van der Waals surface area contributed by atoms with Crippen LogP contribution in [0.25, 0.3) is 0 Å². The lowest BCUT2D eigenvalue weighted by Gasteiger charge is -2.42. The van der Waals surface area contributed by atoms with E-state index in [4.69, 9.17) is 15.2 Å². The van der Waals surface area contributed by atoms with E-state index in [9.17, 15) is 5.11 Å². The lowest BCUT2D eigenvalue weighted by atomic mass is 9.73. The normalized spacial score (nSPS) is 18.0. The molecule has 7 nitrogen and oxygen atoms in total. The van der Waals surface area contributed by atoms with Gasteiger partial charge in [-0.2, -0.15) is 0 Å². The summed E-state index contributed by atoms with van der Waals surface area (Å²) in [7, 11) is 1.60. The van der Waals surface area contributed by atoms with Crippen molar-refractivity contribution in [2.75, 3.05) is 31.7 Å². The molecule has 2 heterocycles. The van der Waals surface area contributed by atoms with E-state index in [2.05, 4.69) is 51.0 Å². The smallest absolute Gasteiger partial charge is 0.162 e. The van der Waals surface area contributed by atoms with E-state index in [0.29, 0.717) is 22.9 Å². The average Bonchev–Trinajstić information content (AvgIpc) is 3.18. The van der Waals surface area contributed by atoms with Gasteiger partial charge in [-0.3, -0.25) is 0 Å². The summed E-state index contributed by atoms with van der Waals surface area (Å²) in [5.41, 5.74) is 10.5. The summed E-state index contributed by atoms with van der Waals surface area (Å²) in [4.78, 5) is 11.4. The molecule has 5 rings (SSSR count). The molecule has 1 aromatic heterocycles. The zero-order chi connectivity index (χ0) is 24.3. The number of aliphatic hydroxyl groups excluding tert-OH is 1. The van der Waals surface area contributed by atoms with Crippen LogP contribution in [-0.2, 0) is 13.0 Å². The van der Waals surface area contributed by atoms with Crippen molar-refractivity contribution in [2.24, 2.45) is 11.1 Å². The molecule has 0 amide bonds. The van der Waals surface area contributed by atoms with Gasteiger partial charge in [0.2, 0.25) is 0 Å². The number of ether oxygens (including phenoxy) is 2. The predicted octanol–water partition coefficient (Wildman–Crippen LogP) is 3.25. The molecule has 0 saturated carbocycles. The van der Waals surface area contributed by atoms with E-state index in [1.165, 1.54) is 11.1 Å². The van der Waals surface area contributed by atoms with Crippen LogP contribution in [0.2, 0.25) is 0 Å². The van der Waals surface area contributed by atoms with Crippen molar-refractivity contribution in [2.45, 2.75) is 31.9 Å². The lowest BCUT2D eigenvalue weighted by Crippen LogP contribution is -2.45. The maximum absolute atomic E-state index is 9.98. The van der Waals surface area contributed by atoms with Crippen LogP contribution in [0.1, 0.15) is 41.4 Å². The Labute approximate surface area is 205 Å². The zero-order valence-corrected chi connectivity index (χ0v) is 19.9. The summed E-state index contributed by atoms with van der Waals surface area (Å²) < 4.78 is 11.0. The van der Waals surface area contributed by atoms with Gasteiger partial charge >= 0.3 is 0 Å². The first kappa shape index (κ1) is 23.2. The summed E-state index contributed by atoms with van der Waals surface area (Å²) in [6.45, 7) is 1.67. The van der Waals surface area contributed by atoms with Crippen molar-refractivity contribution in [1.29, 1.82) is 0 Å². The molecule has 35 heavy (non-hydrogen) atoms. The van der Waals surface area contributed by atoms with Crippen LogP contribution in [0.4, 0.5) is 5.82 Å². The highest BCUT2D eigenvalue weighted by atomic mass is 16.5. The van der Waals surface area contributed by atoms with Gasteiger partial charge in [0, 0.05) is 19.1 Å². The van der Waals surface area contributed by atoms with Crippen LogP contribution in [0.3, 0.4) is 0 Å². The van der Waals surface area contributed by atoms with Gasteiger partial charge < -0.3 is 25.2 Å². The maximum Gasteiger partial charge on any atom is 0.162 e. The van der Waals surface area contributed by atoms with Crippen LogP contribution >= 0.6 is 0 Å². The molecule has 3 aromatic rings. The molecule has 1 saturated heterocycles. The van der Waals surface area contributed by atoms with Gasteiger partial charge in [0.1, 0.15) is 18.0 Å². The second kappa shape index (κ2) is 9.95. The van der Waals surface area contributed by atoms with E-state index < -0.39 is 0 Å². The molecule has 1 aliphatic carbocycles. The SMILES string of the molecule is COc1ccccc1OCC#Cc1cnc(N2CCC3(CC2)Cc2ccccc2C3N)c(CO)n1. The van der Waals surface area contributed by atoms with Crippen LogP contribution in [-0.4, -0.2) is 41.9 Å². The fraction of sp³-hybridized carbons (Fsp3) is 0.357. The van der Waals surface area contributed by atoms with Gasteiger partial charge in [0.15, 0.2) is 17.3 Å².